The number of halogens is 3. The molecule has 0 spiro atoms. The van der Waals surface area contributed by atoms with Gasteiger partial charge in [-0.3, -0.25) is 0 Å². The van der Waals surface area contributed by atoms with Gasteiger partial charge in [-0.2, -0.15) is 0 Å². The molecule has 0 radical (unpaired) electrons. The fraction of sp³-hybridized carbons (Fsp3) is 0.250. The molecule has 5 heteroatoms. The second kappa shape index (κ2) is 8.64. The van der Waals surface area contributed by atoms with Crippen molar-refractivity contribution in [2.75, 3.05) is 0 Å². The van der Waals surface area contributed by atoms with Crippen molar-refractivity contribution >= 4 is 28.4 Å². The third-order valence-corrected chi connectivity index (χ3v) is 10.4. The fourth-order valence-electron chi connectivity index (χ4n) is 4.19. The molecule has 0 aliphatic heterocycles. The first kappa shape index (κ1) is 23.6. The molecule has 0 N–H and O–H groups in total. The first-order valence-corrected chi connectivity index (χ1v) is 18.5. The zero-order chi connectivity index (χ0) is 24.0. The Hall–Kier alpha value is -2.60. The van der Waals surface area contributed by atoms with Crippen LogP contribution in [0.3, 0.4) is 0 Å². The average molecular weight is 508 g/mol. The predicted octanol–water partition coefficient (Wildman–Crippen LogP) is 8.26. The summed E-state index contributed by atoms with van der Waals surface area (Å²) in [7, 11) is 0. The molecule has 1 nitrogen and oxygen atoms in total. The fourth-order valence-corrected chi connectivity index (χ4v) is 6.64. The normalized spacial score (nSPS) is 12.5. The molecule has 0 aliphatic rings. The number of pyridine rings is 1. The van der Waals surface area contributed by atoms with Crippen LogP contribution in [0, 0.1) is 0 Å². The molecule has 0 atom stereocenters. The van der Waals surface area contributed by atoms with Gasteiger partial charge in [0.15, 0.2) is 0 Å². The van der Waals surface area contributed by atoms with Crippen LogP contribution in [0.5, 0.6) is 0 Å². The molecule has 4 aromatic rings. The van der Waals surface area contributed by atoms with E-state index in [0.717, 1.165) is 28.1 Å². The number of fused-ring (bicyclic) bond motifs is 1. The van der Waals surface area contributed by atoms with E-state index in [4.69, 9.17) is 0 Å². The molecule has 1 aromatic heterocycles. The van der Waals surface area contributed by atoms with E-state index in [0.29, 0.717) is 11.3 Å². The number of aromatic nitrogens is 1. The van der Waals surface area contributed by atoms with Crippen molar-refractivity contribution in [3.63, 3.8) is 0 Å². The van der Waals surface area contributed by atoms with E-state index in [2.05, 4.69) is 48.2 Å². The van der Waals surface area contributed by atoms with Gasteiger partial charge in [0, 0.05) is 0 Å². The number of hydrogen-bond acceptors (Lipinski definition) is 1. The number of benzene rings is 3. The third kappa shape index (κ3) is 4.86. The Labute approximate surface area is 196 Å². The second-order valence-electron chi connectivity index (χ2n) is 9.88. The van der Waals surface area contributed by atoms with Crippen LogP contribution in [0.25, 0.3) is 33.2 Å². The van der Waals surface area contributed by atoms with Crippen LogP contribution in [0.15, 0.2) is 72.9 Å². The second-order valence-corrected chi connectivity index (χ2v) is 20.5. The average Bonchev–Trinajstić information content (AvgIpc) is 2.76. The summed E-state index contributed by atoms with van der Waals surface area (Å²) in [6.07, 6.45) is -3.50. The molecule has 4 rings (SSSR count). The quantitative estimate of drug-likeness (QED) is 0.253. The van der Waals surface area contributed by atoms with Gasteiger partial charge >= 0.3 is 190 Å². The van der Waals surface area contributed by atoms with Crippen molar-refractivity contribution in [2.24, 2.45) is 0 Å². The number of rotatable bonds is 4. The molecule has 33 heavy (non-hydrogen) atoms. The zero-order valence-corrected chi connectivity index (χ0v) is 21.7. The van der Waals surface area contributed by atoms with Crippen molar-refractivity contribution in [3.8, 4) is 22.4 Å². The summed E-state index contributed by atoms with van der Waals surface area (Å²) in [6, 6.07) is 21.4. The van der Waals surface area contributed by atoms with E-state index in [1.165, 1.54) is 4.40 Å². The van der Waals surface area contributed by atoms with E-state index >= 15 is 0 Å². The van der Waals surface area contributed by atoms with Gasteiger partial charge in [-0.1, -0.05) is 6.07 Å². The third-order valence-electron chi connectivity index (χ3n) is 6.08. The summed E-state index contributed by atoms with van der Waals surface area (Å²) in [5.41, 5.74) is 2.55. The topological polar surface area (TPSA) is 12.9 Å². The maximum absolute atomic E-state index is 13.9. The summed E-state index contributed by atoms with van der Waals surface area (Å²) in [5.74, 6) is 7.09. The van der Waals surface area contributed by atoms with Gasteiger partial charge in [0.05, 0.1) is 0 Å². The Kier molecular flexibility index (Phi) is 6.17. The molecule has 170 valence electrons. The van der Waals surface area contributed by atoms with Gasteiger partial charge < -0.3 is 0 Å². The minimum atomic E-state index is -4.48. The van der Waals surface area contributed by atoms with Gasteiger partial charge in [-0.25, -0.2) is 0 Å². The standard InChI is InChI=1S/C28H28F3GeN/c1-18(2)24-15-21(14-20-8-6-7-9-23(20)24)27-16-25(26(17-33-27)28(29,30)31)19-10-12-22(13-11-19)32(3,4)5/h6-18H,1-5H3. The van der Waals surface area contributed by atoms with Crippen molar-refractivity contribution in [1.82, 2.24) is 4.98 Å². The molecular weight excluding hydrogens is 480 g/mol. The molecule has 3 aromatic carbocycles. The van der Waals surface area contributed by atoms with Gasteiger partial charge in [-0.05, 0) is 0 Å². The Bertz CT molecular complexity index is 1300. The molecule has 0 fully saturated rings. The first-order valence-electron chi connectivity index (χ1n) is 11.2. The van der Waals surface area contributed by atoms with E-state index in [1.807, 2.05) is 48.5 Å². The molecule has 0 amide bonds. The predicted molar refractivity (Wildman–Crippen MR) is 135 cm³/mol. The van der Waals surface area contributed by atoms with Crippen molar-refractivity contribution in [2.45, 2.75) is 43.2 Å². The van der Waals surface area contributed by atoms with Crippen LogP contribution in [0.4, 0.5) is 13.2 Å². The van der Waals surface area contributed by atoms with Crippen LogP contribution in [-0.4, -0.2) is 18.3 Å². The van der Waals surface area contributed by atoms with Crippen molar-refractivity contribution < 1.29 is 13.2 Å². The number of hydrogen-bond donors (Lipinski definition) is 0. The van der Waals surface area contributed by atoms with Crippen LogP contribution in [0.1, 0.15) is 30.9 Å². The Morgan fingerprint density at radius 2 is 1.48 bits per heavy atom. The first-order chi connectivity index (χ1) is 15.4. The van der Waals surface area contributed by atoms with Crippen molar-refractivity contribution in [3.05, 3.63) is 84.1 Å². The summed E-state index contributed by atoms with van der Waals surface area (Å²) in [6.45, 7) is 4.25. The van der Waals surface area contributed by atoms with E-state index < -0.39 is 25.0 Å². The van der Waals surface area contributed by atoms with Gasteiger partial charge in [-0.15, -0.1) is 0 Å². The molecule has 1 heterocycles. The molecular formula is C28H28F3GeN. The molecule has 0 saturated heterocycles. The summed E-state index contributed by atoms with van der Waals surface area (Å²) < 4.78 is 42.9. The van der Waals surface area contributed by atoms with Crippen LogP contribution >= 0.6 is 0 Å². The van der Waals surface area contributed by atoms with E-state index in [1.54, 1.807) is 6.07 Å². The monoisotopic (exact) mass is 509 g/mol. The summed E-state index contributed by atoms with van der Waals surface area (Å²) in [5, 5.41) is 2.22. The van der Waals surface area contributed by atoms with E-state index in [-0.39, 0.29) is 11.5 Å². The van der Waals surface area contributed by atoms with Gasteiger partial charge in [0.1, 0.15) is 0 Å². The number of alkyl halides is 3. The zero-order valence-electron chi connectivity index (χ0n) is 19.6. The Morgan fingerprint density at radius 1 is 0.818 bits per heavy atom. The Balaban J connectivity index is 1.90. The number of nitrogens with zero attached hydrogens (tertiary/aromatic N) is 1. The van der Waals surface area contributed by atoms with Crippen LogP contribution in [-0.2, 0) is 6.18 Å². The Morgan fingerprint density at radius 3 is 2.09 bits per heavy atom. The molecule has 0 saturated carbocycles. The molecule has 0 unspecified atom stereocenters. The van der Waals surface area contributed by atoms with Crippen LogP contribution < -0.4 is 4.40 Å². The van der Waals surface area contributed by atoms with Crippen LogP contribution in [0.2, 0.25) is 17.3 Å². The SMILES string of the molecule is CC(C)c1cc(-c2cc(-c3cc[c]([Ge]([CH3])([CH3])[CH3])cc3)c(C(F)(F)F)cn2)cc2ccccc12. The summed E-state index contributed by atoms with van der Waals surface area (Å²) >= 11 is -2.06. The van der Waals surface area contributed by atoms with Crippen molar-refractivity contribution in [1.29, 1.82) is 0 Å². The minimum absolute atomic E-state index is 0.166. The summed E-state index contributed by atoms with van der Waals surface area (Å²) in [4.78, 5) is 4.25. The van der Waals surface area contributed by atoms with Gasteiger partial charge in [0.25, 0.3) is 0 Å². The van der Waals surface area contributed by atoms with E-state index in [9.17, 15) is 13.2 Å². The molecule has 0 aliphatic carbocycles. The molecule has 0 bridgehead atoms. The van der Waals surface area contributed by atoms with Gasteiger partial charge in [0.2, 0.25) is 0 Å². The maximum atomic E-state index is 13.9.